The summed E-state index contributed by atoms with van der Waals surface area (Å²) in [6.07, 6.45) is -39.3. The maximum atomic E-state index is 13.4. The summed E-state index contributed by atoms with van der Waals surface area (Å²) >= 11 is 0. The first-order valence-corrected chi connectivity index (χ1v) is 10.8. The van der Waals surface area contributed by atoms with E-state index in [0.717, 1.165) is 0 Å². The Morgan fingerprint density at radius 3 is 1.07 bits per heavy atom. The number of hydrogen-bond acceptors (Lipinski definition) is 5. The van der Waals surface area contributed by atoms with E-state index >= 15 is 0 Å². The van der Waals surface area contributed by atoms with Gasteiger partial charge in [0.05, 0.1) is 45.1 Å². The van der Waals surface area contributed by atoms with Crippen LogP contribution in [0, 0.1) is 10.8 Å². The van der Waals surface area contributed by atoms with Crippen LogP contribution in [0.1, 0.15) is 19.3 Å². The van der Waals surface area contributed by atoms with Crippen molar-refractivity contribution in [3.8, 4) is 0 Å². The Balaban J connectivity index is 3.22. The first-order chi connectivity index (χ1) is 18.0. The van der Waals surface area contributed by atoms with Crippen molar-refractivity contribution in [1.29, 1.82) is 0 Å². The molecule has 40 heavy (non-hydrogen) atoms. The summed E-state index contributed by atoms with van der Waals surface area (Å²) in [4.78, 5) is 0. The molecule has 21 heteroatoms. The van der Waals surface area contributed by atoms with Gasteiger partial charge in [-0.2, -0.15) is 35.1 Å². The van der Waals surface area contributed by atoms with E-state index in [4.69, 9.17) is 4.74 Å². The molecule has 0 heterocycles. The zero-order chi connectivity index (χ0) is 31.2. The molecule has 5 nitrogen and oxygen atoms in total. The predicted molar refractivity (Wildman–Crippen MR) is 97.1 cm³/mol. The third kappa shape index (κ3) is 10.5. The molecule has 1 fully saturated rings. The van der Waals surface area contributed by atoms with Crippen molar-refractivity contribution in [2.24, 2.45) is 10.8 Å². The third-order valence-electron chi connectivity index (χ3n) is 5.53. The monoisotopic (exact) mass is 634 g/mol. The van der Waals surface area contributed by atoms with Crippen molar-refractivity contribution in [2.45, 2.75) is 69.4 Å². The lowest BCUT2D eigenvalue weighted by Crippen LogP contribution is -2.50. The zero-order valence-electron chi connectivity index (χ0n) is 19.8. The highest BCUT2D eigenvalue weighted by Gasteiger charge is 2.52. The molecule has 0 spiro atoms. The van der Waals surface area contributed by atoms with Crippen molar-refractivity contribution >= 4 is 0 Å². The Morgan fingerprint density at radius 1 is 0.475 bits per heavy atom. The number of halogens is 16. The molecular weight excluding hydrogens is 612 g/mol. The van der Waals surface area contributed by atoms with E-state index in [9.17, 15) is 70.2 Å². The molecule has 0 saturated heterocycles. The molecule has 1 aliphatic carbocycles. The second-order valence-electron chi connectivity index (χ2n) is 8.95. The lowest BCUT2D eigenvalue weighted by atomic mass is 9.70. The van der Waals surface area contributed by atoms with Gasteiger partial charge in [-0.05, 0) is 12.8 Å². The van der Waals surface area contributed by atoms with Crippen LogP contribution < -0.4 is 0 Å². The van der Waals surface area contributed by atoms with Gasteiger partial charge in [0.2, 0.25) is 0 Å². The van der Waals surface area contributed by atoms with E-state index in [2.05, 4.69) is 18.9 Å². The maximum Gasteiger partial charge on any atom is 0.416 e. The molecular formula is C19H22F16O5. The summed E-state index contributed by atoms with van der Waals surface area (Å²) < 4.78 is 226. The Hall–Kier alpha value is -1.32. The van der Waals surface area contributed by atoms with Crippen molar-refractivity contribution in [2.75, 3.05) is 39.6 Å². The average Bonchev–Trinajstić information content (AvgIpc) is 2.80. The molecule has 0 N–H and O–H groups in total. The summed E-state index contributed by atoms with van der Waals surface area (Å²) in [5.41, 5.74) is -4.67. The summed E-state index contributed by atoms with van der Waals surface area (Å²) in [6, 6.07) is 0. The molecule has 1 saturated carbocycles. The van der Waals surface area contributed by atoms with E-state index in [1.54, 1.807) is 0 Å². The van der Waals surface area contributed by atoms with Gasteiger partial charge in [-0.1, -0.05) is 6.42 Å². The highest BCUT2D eigenvalue weighted by atomic mass is 19.3. The molecule has 0 unspecified atom stereocenters. The van der Waals surface area contributed by atoms with Crippen LogP contribution in [0.2, 0.25) is 0 Å². The Kier molecular flexibility index (Phi) is 12.6. The van der Waals surface area contributed by atoms with Crippen LogP contribution in [-0.2, 0) is 23.7 Å². The predicted octanol–water partition coefficient (Wildman–Crippen LogP) is 6.66. The minimum atomic E-state index is -5.42. The highest BCUT2D eigenvalue weighted by Crippen LogP contribution is 2.44. The van der Waals surface area contributed by atoms with Crippen molar-refractivity contribution < 1.29 is 93.9 Å². The molecule has 0 radical (unpaired) electrons. The molecule has 0 atom stereocenters. The van der Waals surface area contributed by atoms with E-state index in [1.165, 1.54) is 0 Å². The molecule has 0 aliphatic heterocycles. The lowest BCUT2D eigenvalue weighted by Gasteiger charge is -2.43. The molecule has 1 aliphatic rings. The highest BCUT2D eigenvalue weighted by molar-refractivity contribution is 4.89. The number of hydrogen-bond donors (Lipinski definition) is 0. The van der Waals surface area contributed by atoms with Gasteiger partial charge in [-0.15, -0.1) is 0 Å². The van der Waals surface area contributed by atoms with Crippen molar-refractivity contribution in [1.82, 2.24) is 0 Å². The zero-order valence-corrected chi connectivity index (χ0v) is 19.8. The van der Waals surface area contributed by atoms with Crippen molar-refractivity contribution in [3.05, 3.63) is 0 Å². The van der Waals surface area contributed by atoms with Gasteiger partial charge >= 0.3 is 50.1 Å². The number of rotatable bonds is 20. The number of alkyl halides is 16. The van der Waals surface area contributed by atoms with Crippen LogP contribution >= 0.6 is 0 Å². The Morgan fingerprint density at radius 2 is 0.800 bits per heavy atom. The first kappa shape index (κ1) is 36.7. The summed E-state index contributed by atoms with van der Waals surface area (Å²) in [6.45, 7) is -9.84. The summed E-state index contributed by atoms with van der Waals surface area (Å²) in [5.74, 6) is 0. The normalized spacial score (nSPS) is 17.4. The molecule has 0 aromatic heterocycles. The Labute approximate surface area is 215 Å². The van der Waals surface area contributed by atoms with Gasteiger partial charge in [0.25, 0.3) is 0 Å². The van der Waals surface area contributed by atoms with Gasteiger partial charge < -0.3 is 23.7 Å². The van der Waals surface area contributed by atoms with Gasteiger partial charge in [0.15, 0.2) is 0 Å². The third-order valence-corrected chi connectivity index (χ3v) is 5.53. The van der Waals surface area contributed by atoms with Gasteiger partial charge in [-0.3, -0.25) is 0 Å². The van der Waals surface area contributed by atoms with Gasteiger partial charge in [0, 0.05) is 5.41 Å². The van der Waals surface area contributed by atoms with E-state index in [0.29, 0.717) is 0 Å². The van der Waals surface area contributed by atoms with Crippen LogP contribution in [0.15, 0.2) is 0 Å². The second-order valence-corrected chi connectivity index (χ2v) is 8.95. The lowest BCUT2D eigenvalue weighted by molar-refractivity contribution is -0.351. The fraction of sp³-hybridized carbons (Fsp3) is 1.00. The summed E-state index contributed by atoms with van der Waals surface area (Å²) in [5, 5.41) is 0. The van der Waals surface area contributed by atoms with E-state index in [1.807, 2.05) is 0 Å². The van der Waals surface area contributed by atoms with Crippen molar-refractivity contribution in [3.63, 3.8) is 0 Å². The van der Waals surface area contributed by atoms with Gasteiger partial charge in [0.1, 0.15) is 0 Å². The maximum absolute atomic E-state index is 13.4. The Bertz CT molecular complexity index is 703. The van der Waals surface area contributed by atoms with Crippen LogP contribution in [0.3, 0.4) is 0 Å². The minimum absolute atomic E-state index is 0.0841. The molecule has 240 valence electrons. The first-order valence-electron chi connectivity index (χ1n) is 10.8. The van der Waals surface area contributed by atoms with E-state index < -0.39 is 101 Å². The quantitative estimate of drug-likeness (QED) is 0.140. The number of ether oxygens (including phenoxy) is 5. The largest absolute Gasteiger partial charge is 0.416 e. The average molecular weight is 634 g/mol. The van der Waals surface area contributed by atoms with Crippen LogP contribution in [-0.4, -0.2) is 89.8 Å². The fourth-order valence-electron chi connectivity index (χ4n) is 2.99. The molecule has 0 amide bonds. The second kappa shape index (κ2) is 13.8. The van der Waals surface area contributed by atoms with Crippen LogP contribution in [0.5, 0.6) is 0 Å². The van der Waals surface area contributed by atoms with Gasteiger partial charge in [-0.25, -0.2) is 35.1 Å². The SMILES string of the molecule is FC(F)C(F)(F)OCC1(COCC(COC(F)(F)C(F)F)(COC(F)(F)C(F)F)COC(F)(F)C(F)F)CCC1. The smallest absolute Gasteiger partial charge is 0.380 e. The molecule has 1 rings (SSSR count). The fourth-order valence-corrected chi connectivity index (χ4v) is 2.99. The molecule has 0 aromatic rings. The topological polar surface area (TPSA) is 46.2 Å². The molecule has 0 bridgehead atoms. The minimum Gasteiger partial charge on any atom is -0.380 e. The summed E-state index contributed by atoms with van der Waals surface area (Å²) in [7, 11) is 0. The van der Waals surface area contributed by atoms with Crippen LogP contribution in [0.4, 0.5) is 70.2 Å². The van der Waals surface area contributed by atoms with Crippen LogP contribution in [0.25, 0.3) is 0 Å². The van der Waals surface area contributed by atoms with E-state index in [-0.39, 0.29) is 19.3 Å². The molecule has 0 aromatic carbocycles. The standard InChI is InChI=1S/C19H22F16O5/c20-10(21)16(28,29)37-6-14(2-1-3-14)4-36-5-15(7-38-17(30,31)11(22)23,8-39-18(32,33)12(24)25)9-40-19(34,35)13(26)27/h10-13H,1-9H2.